The van der Waals surface area contributed by atoms with Gasteiger partial charge in [-0.15, -0.1) is 0 Å². The molecule has 0 bridgehead atoms. The fraction of sp³-hybridized carbons (Fsp3) is 0.364. The summed E-state index contributed by atoms with van der Waals surface area (Å²) < 4.78 is 35.4. The van der Waals surface area contributed by atoms with Crippen LogP contribution >= 0.6 is 0 Å². The van der Waals surface area contributed by atoms with Crippen LogP contribution in [0.3, 0.4) is 0 Å². The molecule has 0 atom stereocenters. The van der Waals surface area contributed by atoms with Crippen molar-refractivity contribution in [3.63, 3.8) is 0 Å². The monoisotopic (exact) mass is 245 g/mol. The van der Waals surface area contributed by atoms with Gasteiger partial charge < -0.3 is 15.2 Å². The predicted octanol–water partition coefficient (Wildman–Crippen LogP) is 1.78. The molecule has 4 nitrogen and oxygen atoms in total. The standard InChI is InChI=1S/C11H13F2NO3/c1-16-9-4-6(8(15)5-14)3-7(11(12)13)10(9)17-2/h3-4,11H,5,14H2,1-2H3. The Morgan fingerprint density at radius 3 is 2.41 bits per heavy atom. The molecule has 1 rings (SSSR count). The number of nitrogens with two attached hydrogens (primary N) is 1. The summed E-state index contributed by atoms with van der Waals surface area (Å²) in [6.07, 6.45) is -2.76. The first-order chi connectivity index (χ1) is 8.04. The topological polar surface area (TPSA) is 61.5 Å². The minimum absolute atomic E-state index is 0.0731. The normalized spacial score (nSPS) is 10.5. The Morgan fingerprint density at radius 2 is 2.00 bits per heavy atom. The zero-order valence-electron chi connectivity index (χ0n) is 9.50. The van der Waals surface area contributed by atoms with E-state index < -0.39 is 12.2 Å². The molecule has 94 valence electrons. The average molecular weight is 245 g/mol. The van der Waals surface area contributed by atoms with Crippen molar-refractivity contribution in [2.24, 2.45) is 5.73 Å². The molecule has 1 aromatic rings. The molecule has 0 spiro atoms. The molecule has 0 aliphatic carbocycles. The van der Waals surface area contributed by atoms with Crippen LogP contribution < -0.4 is 15.2 Å². The quantitative estimate of drug-likeness (QED) is 0.803. The van der Waals surface area contributed by atoms with Crippen LogP contribution in [0.4, 0.5) is 8.78 Å². The second-order valence-corrected chi connectivity index (χ2v) is 3.23. The van der Waals surface area contributed by atoms with Gasteiger partial charge in [-0.3, -0.25) is 4.79 Å². The van der Waals surface area contributed by atoms with E-state index in [0.29, 0.717) is 0 Å². The van der Waals surface area contributed by atoms with Gasteiger partial charge in [0, 0.05) is 5.56 Å². The van der Waals surface area contributed by atoms with Gasteiger partial charge in [-0.25, -0.2) is 8.78 Å². The summed E-state index contributed by atoms with van der Waals surface area (Å²) in [4.78, 5) is 11.4. The highest BCUT2D eigenvalue weighted by Crippen LogP contribution is 2.38. The van der Waals surface area contributed by atoms with Crippen molar-refractivity contribution >= 4 is 5.78 Å². The van der Waals surface area contributed by atoms with Crippen molar-refractivity contribution < 1.29 is 23.0 Å². The molecule has 0 heterocycles. The maximum atomic E-state index is 12.8. The fourth-order valence-electron chi connectivity index (χ4n) is 1.43. The van der Waals surface area contributed by atoms with Crippen molar-refractivity contribution in [1.29, 1.82) is 0 Å². The van der Waals surface area contributed by atoms with Gasteiger partial charge in [0.05, 0.1) is 26.3 Å². The summed E-state index contributed by atoms with van der Waals surface area (Å²) in [6, 6.07) is 2.40. The minimum Gasteiger partial charge on any atom is -0.493 e. The first-order valence-corrected chi connectivity index (χ1v) is 4.82. The number of hydrogen-bond acceptors (Lipinski definition) is 4. The Bertz CT molecular complexity index is 421. The lowest BCUT2D eigenvalue weighted by Crippen LogP contribution is -2.14. The van der Waals surface area contributed by atoms with Crippen molar-refractivity contribution in [3.8, 4) is 11.5 Å². The van der Waals surface area contributed by atoms with Gasteiger partial charge in [0.1, 0.15) is 0 Å². The van der Waals surface area contributed by atoms with E-state index >= 15 is 0 Å². The molecule has 0 saturated carbocycles. The number of Topliss-reactive ketones (excluding diaryl/α,β-unsaturated/α-hetero) is 1. The lowest BCUT2D eigenvalue weighted by Gasteiger charge is -2.13. The largest absolute Gasteiger partial charge is 0.493 e. The van der Waals surface area contributed by atoms with Crippen molar-refractivity contribution in [3.05, 3.63) is 23.3 Å². The molecule has 0 aliphatic heterocycles. The summed E-state index contributed by atoms with van der Waals surface area (Å²) in [5, 5.41) is 0. The molecule has 0 aromatic heterocycles. The highest BCUT2D eigenvalue weighted by atomic mass is 19.3. The maximum Gasteiger partial charge on any atom is 0.267 e. The number of rotatable bonds is 5. The molecule has 6 heteroatoms. The second-order valence-electron chi connectivity index (χ2n) is 3.23. The smallest absolute Gasteiger partial charge is 0.267 e. The first kappa shape index (κ1) is 13.4. The van der Waals surface area contributed by atoms with E-state index in [1.165, 1.54) is 20.3 Å². The molecule has 0 radical (unpaired) electrons. The molecule has 2 N–H and O–H groups in total. The molecule has 0 unspecified atom stereocenters. The van der Waals surface area contributed by atoms with Crippen molar-refractivity contribution in [1.82, 2.24) is 0 Å². The summed E-state index contributed by atoms with van der Waals surface area (Å²) in [5.41, 5.74) is 4.88. The average Bonchev–Trinajstić information content (AvgIpc) is 2.35. The molecular weight excluding hydrogens is 232 g/mol. The summed E-state index contributed by atoms with van der Waals surface area (Å²) >= 11 is 0. The third-order valence-corrected chi connectivity index (χ3v) is 2.25. The Kier molecular flexibility index (Phi) is 4.39. The van der Waals surface area contributed by atoms with Crippen LogP contribution in [-0.2, 0) is 0 Å². The zero-order valence-corrected chi connectivity index (χ0v) is 9.50. The van der Waals surface area contributed by atoms with Gasteiger partial charge in [-0.1, -0.05) is 0 Å². The van der Waals surface area contributed by atoms with Gasteiger partial charge in [0.2, 0.25) is 0 Å². The molecule has 0 amide bonds. The van der Waals surface area contributed by atoms with E-state index in [1.807, 2.05) is 0 Å². The van der Waals surface area contributed by atoms with Gasteiger partial charge >= 0.3 is 0 Å². The van der Waals surface area contributed by atoms with Crippen LogP contribution in [0, 0.1) is 0 Å². The van der Waals surface area contributed by atoms with E-state index in [1.54, 1.807) is 0 Å². The van der Waals surface area contributed by atoms with E-state index in [9.17, 15) is 13.6 Å². The predicted molar refractivity (Wildman–Crippen MR) is 57.9 cm³/mol. The van der Waals surface area contributed by atoms with Gasteiger partial charge in [-0.2, -0.15) is 0 Å². The Hall–Kier alpha value is -1.69. The maximum absolute atomic E-state index is 12.8. The number of carbonyl (C=O) groups excluding carboxylic acids is 1. The van der Waals surface area contributed by atoms with Crippen molar-refractivity contribution in [2.45, 2.75) is 6.43 Å². The van der Waals surface area contributed by atoms with Crippen LogP contribution in [0.15, 0.2) is 12.1 Å². The highest BCUT2D eigenvalue weighted by molar-refractivity contribution is 5.98. The first-order valence-electron chi connectivity index (χ1n) is 4.82. The zero-order chi connectivity index (χ0) is 13.0. The van der Waals surface area contributed by atoms with E-state index in [2.05, 4.69) is 0 Å². The van der Waals surface area contributed by atoms with E-state index in [-0.39, 0.29) is 29.2 Å². The number of halogens is 2. The molecule has 0 saturated heterocycles. The van der Waals surface area contributed by atoms with Crippen molar-refractivity contribution in [2.75, 3.05) is 20.8 Å². The molecule has 17 heavy (non-hydrogen) atoms. The Labute approximate surface area is 97.3 Å². The number of ether oxygens (including phenoxy) is 2. The van der Waals surface area contributed by atoms with Crippen LogP contribution in [-0.4, -0.2) is 26.5 Å². The van der Waals surface area contributed by atoms with Gasteiger partial charge in [0.25, 0.3) is 6.43 Å². The van der Waals surface area contributed by atoms with Crippen LogP contribution in [0.25, 0.3) is 0 Å². The number of methoxy groups -OCH3 is 2. The minimum atomic E-state index is -2.76. The van der Waals surface area contributed by atoms with E-state index in [0.717, 1.165) is 6.07 Å². The second kappa shape index (κ2) is 5.58. The third kappa shape index (κ3) is 2.71. The summed E-state index contributed by atoms with van der Waals surface area (Å²) in [6.45, 7) is -0.252. The SMILES string of the molecule is COc1cc(C(=O)CN)cc(C(F)F)c1OC. The third-order valence-electron chi connectivity index (χ3n) is 2.25. The van der Waals surface area contributed by atoms with Crippen LogP contribution in [0.5, 0.6) is 11.5 Å². The lowest BCUT2D eigenvalue weighted by molar-refractivity contribution is 0.1000. The Morgan fingerprint density at radius 1 is 1.35 bits per heavy atom. The van der Waals surface area contributed by atoms with Gasteiger partial charge in [0.15, 0.2) is 17.3 Å². The number of carbonyl (C=O) groups is 1. The van der Waals surface area contributed by atoms with E-state index in [4.69, 9.17) is 15.2 Å². The van der Waals surface area contributed by atoms with Crippen LogP contribution in [0.1, 0.15) is 22.3 Å². The number of alkyl halides is 2. The summed E-state index contributed by atoms with van der Waals surface area (Å²) in [5.74, 6) is -0.425. The number of benzene rings is 1. The molecule has 0 aliphatic rings. The highest BCUT2D eigenvalue weighted by Gasteiger charge is 2.21. The fourth-order valence-corrected chi connectivity index (χ4v) is 1.43. The number of ketones is 1. The van der Waals surface area contributed by atoms with Crippen LogP contribution in [0.2, 0.25) is 0 Å². The molecule has 0 fully saturated rings. The molecule has 1 aromatic carbocycles. The lowest BCUT2D eigenvalue weighted by atomic mass is 10.1. The molecular formula is C11H13F2NO3. The number of hydrogen-bond donors (Lipinski definition) is 1. The summed E-state index contributed by atoms with van der Waals surface area (Å²) in [7, 11) is 2.57. The van der Waals surface area contributed by atoms with Gasteiger partial charge in [-0.05, 0) is 12.1 Å². The Balaban J connectivity index is 3.40.